The Labute approximate surface area is 239 Å². The van der Waals surface area contributed by atoms with Gasteiger partial charge in [0, 0.05) is 35.7 Å². The fraction of sp³-hybridized carbons (Fsp3) is 0.250. The SMILES string of the molecule is CCOC(=O)CC#Cc1c(F)ccc2cc(OCOC)cc(-c3c([N+](=O)[O-])cc4cnc(OCC(F)(F)F)nc4c3F)c12. The first-order valence-electron chi connectivity index (χ1n) is 12.3. The molecule has 0 atom stereocenters. The molecule has 1 aromatic heterocycles. The zero-order chi connectivity index (χ0) is 31.3. The summed E-state index contributed by atoms with van der Waals surface area (Å²) in [5.41, 5.74) is -2.66. The van der Waals surface area contributed by atoms with Crippen LogP contribution < -0.4 is 9.47 Å². The number of esters is 1. The van der Waals surface area contributed by atoms with Crippen molar-refractivity contribution in [3.8, 4) is 34.7 Å². The van der Waals surface area contributed by atoms with Crippen LogP contribution in [-0.2, 0) is 14.3 Å². The van der Waals surface area contributed by atoms with Crippen LogP contribution in [-0.4, -0.2) is 54.2 Å². The fourth-order valence-electron chi connectivity index (χ4n) is 4.08. The molecular weight excluding hydrogens is 585 g/mol. The molecule has 1 heterocycles. The molecule has 0 bridgehead atoms. The number of nitrogens with zero attached hydrogens (tertiary/aromatic N) is 3. The summed E-state index contributed by atoms with van der Waals surface area (Å²) in [4.78, 5) is 30.3. The quantitative estimate of drug-likeness (QED) is 0.0576. The van der Waals surface area contributed by atoms with Crippen molar-refractivity contribution in [1.82, 2.24) is 9.97 Å². The molecule has 0 fully saturated rings. The van der Waals surface area contributed by atoms with Crippen molar-refractivity contribution in [2.75, 3.05) is 27.1 Å². The minimum atomic E-state index is -4.74. The van der Waals surface area contributed by atoms with Gasteiger partial charge in [0.2, 0.25) is 0 Å². The first-order valence-corrected chi connectivity index (χ1v) is 12.3. The number of halogens is 5. The summed E-state index contributed by atoms with van der Waals surface area (Å²) < 4.78 is 89.2. The number of hydrogen-bond acceptors (Lipinski definition) is 9. The lowest BCUT2D eigenvalue weighted by atomic mass is 9.92. The predicted octanol–water partition coefficient (Wildman–Crippen LogP) is 5.86. The van der Waals surface area contributed by atoms with E-state index in [9.17, 15) is 28.1 Å². The highest BCUT2D eigenvalue weighted by Gasteiger charge is 2.30. The van der Waals surface area contributed by atoms with E-state index < -0.39 is 64.5 Å². The van der Waals surface area contributed by atoms with Crippen molar-refractivity contribution < 1.29 is 50.6 Å². The smallest absolute Gasteiger partial charge is 0.422 e. The van der Waals surface area contributed by atoms with Crippen molar-refractivity contribution >= 4 is 33.3 Å². The van der Waals surface area contributed by atoms with Gasteiger partial charge < -0.3 is 18.9 Å². The largest absolute Gasteiger partial charge is 0.468 e. The Hall–Kier alpha value is -5.10. The number of methoxy groups -OCH3 is 1. The predicted molar refractivity (Wildman–Crippen MR) is 141 cm³/mol. The van der Waals surface area contributed by atoms with E-state index in [2.05, 4.69) is 26.5 Å². The molecule has 15 heteroatoms. The highest BCUT2D eigenvalue weighted by Crippen LogP contribution is 2.43. The monoisotopic (exact) mass is 605 g/mol. The Balaban J connectivity index is 2.04. The minimum Gasteiger partial charge on any atom is -0.468 e. The average molecular weight is 605 g/mol. The molecule has 0 spiro atoms. The summed E-state index contributed by atoms with van der Waals surface area (Å²) >= 11 is 0. The maximum atomic E-state index is 16.3. The molecule has 3 aromatic carbocycles. The fourth-order valence-corrected chi connectivity index (χ4v) is 4.08. The summed E-state index contributed by atoms with van der Waals surface area (Å²) in [5.74, 6) is 2.18. The van der Waals surface area contributed by atoms with Crippen LogP contribution >= 0.6 is 0 Å². The van der Waals surface area contributed by atoms with E-state index in [1.54, 1.807) is 6.92 Å². The van der Waals surface area contributed by atoms with E-state index in [1.165, 1.54) is 25.3 Å². The first kappa shape index (κ1) is 30.8. The number of ether oxygens (including phenoxy) is 4. The summed E-state index contributed by atoms with van der Waals surface area (Å²) in [6.07, 6.45) is -4.28. The minimum absolute atomic E-state index is 0.0482. The van der Waals surface area contributed by atoms with Gasteiger partial charge in [-0.25, -0.2) is 13.8 Å². The average Bonchev–Trinajstić information content (AvgIpc) is 2.95. The van der Waals surface area contributed by atoms with Gasteiger partial charge in [-0.1, -0.05) is 17.9 Å². The molecule has 0 amide bonds. The lowest BCUT2D eigenvalue weighted by Crippen LogP contribution is -2.20. The number of carbonyl (C=O) groups is 1. The van der Waals surface area contributed by atoms with Crippen LogP contribution in [0.1, 0.15) is 18.9 Å². The van der Waals surface area contributed by atoms with Gasteiger partial charge in [0.1, 0.15) is 23.5 Å². The molecular formula is C28H20F5N3O7. The molecule has 0 aliphatic rings. The topological polar surface area (TPSA) is 123 Å². The molecule has 0 aliphatic heterocycles. The van der Waals surface area contributed by atoms with Crippen LogP contribution in [0.25, 0.3) is 32.8 Å². The molecule has 4 rings (SSSR count). The number of carbonyl (C=O) groups excluding carboxylic acids is 1. The number of hydrogen-bond donors (Lipinski definition) is 0. The molecule has 0 saturated heterocycles. The number of alkyl halides is 3. The molecule has 43 heavy (non-hydrogen) atoms. The van der Waals surface area contributed by atoms with Gasteiger partial charge in [0.15, 0.2) is 19.2 Å². The van der Waals surface area contributed by atoms with Crippen LogP contribution in [0.4, 0.5) is 27.6 Å². The Morgan fingerprint density at radius 2 is 1.88 bits per heavy atom. The Morgan fingerprint density at radius 3 is 2.56 bits per heavy atom. The third-order valence-electron chi connectivity index (χ3n) is 5.74. The van der Waals surface area contributed by atoms with Gasteiger partial charge in [0.25, 0.3) is 5.69 Å². The summed E-state index contributed by atoms with van der Waals surface area (Å²) in [6, 6.07) is 5.08. The van der Waals surface area contributed by atoms with Crippen LogP contribution in [0.2, 0.25) is 0 Å². The number of aromatic nitrogens is 2. The second-order valence-electron chi connectivity index (χ2n) is 8.66. The third kappa shape index (κ3) is 7.04. The van der Waals surface area contributed by atoms with Crippen molar-refractivity contribution in [1.29, 1.82) is 0 Å². The van der Waals surface area contributed by atoms with Gasteiger partial charge in [-0.05, 0) is 30.5 Å². The van der Waals surface area contributed by atoms with Crippen molar-refractivity contribution in [3.05, 3.63) is 63.8 Å². The molecule has 4 aromatic rings. The van der Waals surface area contributed by atoms with E-state index in [4.69, 9.17) is 14.2 Å². The van der Waals surface area contributed by atoms with Crippen molar-refractivity contribution in [2.24, 2.45) is 0 Å². The molecule has 224 valence electrons. The van der Waals surface area contributed by atoms with Gasteiger partial charge in [-0.15, -0.1) is 0 Å². The molecule has 0 N–H and O–H groups in total. The molecule has 0 aliphatic carbocycles. The molecule has 0 unspecified atom stereocenters. The van der Waals surface area contributed by atoms with Gasteiger partial charge in [-0.3, -0.25) is 14.9 Å². The van der Waals surface area contributed by atoms with E-state index in [0.717, 1.165) is 18.3 Å². The normalized spacial score (nSPS) is 11.2. The summed E-state index contributed by atoms with van der Waals surface area (Å²) in [5, 5.41) is 12.1. The number of nitro benzene ring substituents is 1. The van der Waals surface area contributed by atoms with Gasteiger partial charge >= 0.3 is 18.2 Å². The Morgan fingerprint density at radius 1 is 1.12 bits per heavy atom. The second kappa shape index (κ2) is 12.8. The molecule has 10 nitrogen and oxygen atoms in total. The van der Waals surface area contributed by atoms with Gasteiger partial charge in [-0.2, -0.15) is 18.2 Å². The maximum absolute atomic E-state index is 16.3. The van der Waals surface area contributed by atoms with Gasteiger partial charge in [0.05, 0.1) is 22.7 Å². The van der Waals surface area contributed by atoms with E-state index >= 15 is 8.78 Å². The number of nitro groups is 1. The van der Waals surface area contributed by atoms with Crippen LogP contribution in [0, 0.1) is 33.6 Å². The van der Waals surface area contributed by atoms with E-state index in [1.807, 2.05) is 0 Å². The second-order valence-corrected chi connectivity index (χ2v) is 8.66. The standard InChI is InChI=1S/C28H20F5N3O7/c1-3-41-22(37)6-4-5-18-20(29)8-7-15-9-17(43-14-40-2)11-19(23(15)18)24-21(36(38)39)10-16-12-34-27(35-26(16)25(24)30)42-13-28(31,32)33/h7-12H,3,6,13-14H2,1-2H3. The zero-order valence-corrected chi connectivity index (χ0v) is 22.4. The number of fused-ring (bicyclic) bond motifs is 2. The highest BCUT2D eigenvalue weighted by molar-refractivity contribution is 6.05. The zero-order valence-electron chi connectivity index (χ0n) is 22.4. The molecule has 0 saturated carbocycles. The first-order chi connectivity index (χ1) is 20.4. The third-order valence-corrected chi connectivity index (χ3v) is 5.74. The Kier molecular flexibility index (Phi) is 9.20. The van der Waals surface area contributed by atoms with E-state index in [0.29, 0.717) is 0 Å². The van der Waals surface area contributed by atoms with E-state index in [-0.39, 0.29) is 46.4 Å². The lowest BCUT2D eigenvalue weighted by molar-refractivity contribution is -0.384. The summed E-state index contributed by atoms with van der Waals surface area (Å²) in [6.45, 7) is -0.355. The number of rotatable bonds is 9. The lowest BCUT2D eigenvalue weighted by Gasteiger charge is -2.15. The maximum Gasteiger partial charge on any atom is 0.422 e. The van der Waals surface area contributed by atoms with Crippen LogP contribution in [0.3, 0.4) is 0 Å². The Bertz CT molecular complexity index is 1780. The van der Waals surface area contributed by atoms with Crippen molar-refractivity contribution in [3.63, 3.8) is 0 Å². The number of benzene rings is 3. The van der Waals surface area contributed by atoms with Crippen LogP contribution in [0.15, 0.2) is 36.5 Å². The highest BCUT2D eigenvalue weighted by atomic mass is 19.4. The molecule has 0 radical (unpaired) electrons. The van der Waals surface area contributed by atoms with Crippen LogP contribution in [0.5, 0.6) is 11.8 Å². The summed E-state index contributed by atoms with van der Waals surface area (Å²) in [7, 11) is 1.33. The van der Waals surface area contributed by atoms with Crippen molar-refractivity contribution in [2.45, 2.75) is 19.5 Å².